The van der Waals surface area contributed by atoms with E-state index in [1.54, 1.807) is 0 Å². The monoisotopic (exact) mass is 290 g/mol. The minimum Gasteiger partial charge on any atom is -0.375 e. The van der Waals surface area contributed by atoms with E-state index in [-0.39, 0.29) is 6.61 Å². The van der Waals surface area contributed by atoms with E-state index in [0.29, 0.717) is 23.0 Å². The van der Waals surface area contributed by atoms with E-state index in [0.717, 1.165) is 11.1 Å². The highest BCUT2D eigenvalue weighted by Crippen LogP contribution is 2.19. The standard InChI is InChI=1S/C11H13ClF2N4O/c1-6-7(2)11-16-15-9(18(11)17-10(6)12)3-4-19-5-8(13)14/h8H,3-5H2,1-2H3. The van der Waals surface area contributed by atoms with Crippen molar-refractivity contribution in [1.82, 2.24) is 19.8 Å². The molecule has 0 radical (unpaired) electrons. The molecule has 0 N–H and O–H groups in total. The average molecular weight is 291 g/mol. The van der Waals surface area contributed by atoms with Crippen LogP contribution in [0, 0.1) is 13.8 Å². The predicted octanol–water partition coefficient (Wildman–Crippen LogP) is 2.22. The van der Waals surface area contributed by atoms with E-state index < -0.39 is 13.0 Å². The third kappa shape index (κ3) is 2.98. The van der Waals surface area contributed by atoms with Crippen LogP contribution in [0.5, 0.6) is 0 Å². The minimum absolute atomic E-state index is 0.136. The zero-order chi connectivity index (χ0) is 14.0. The smallest absolute Gasteiger partial charge is 0.261 e. The van der Waals surface area contributed by atoms with Gasteiger partial charge in [0.25, 0.3) is 6.43 Å². The van der Waals surface area contributed by atoms with Crippen LogP contribution in [0.2, 0.25) is 5.15 Å². The fourth-order valence-electron chi connectivity index (χ4n) is 1.63. The molecule has 0 amide bonds. The molecule has 0 atom stereocenters. The molecular formula is C11H13ClF2N4O. The van der Waals surface area contributed by atoms with Gasteiger partial charge in [0.05, 0.1) is 6.61 Å². The molecule has 5 nitrogen and oxygen atoms in total. The Morgan fingerprint density at radius 2 is 2.00 bits per heavy atom. The molecule has 2 heterocycles. The Labute approximate surface area is 113 Å². The summed E-state index contributed by atoms with van der Waals surface area (Å²) >= 11 is 6.01. The molecule has 2 aromatic rings. The van der Waals surface area contributed by atoms with Crippen molar-refractivity contribution >= 4 is 17.2 Å². The number of ether oxygens (including phenoxy) is 1. The van der Waals surface area contributed by atoms with Crippen LogP contribution in [0.3, 0.4) is 0 Å². The van der Waals surface area contributed by atoms with Crippen molar-refractivity contribution in [3.63, 3.8) is 0 Å². The maximum Gasteiger partial charge on any atom is 0.261 e. The van der Waals surface area contributed by atoms with E-state index in [1.807, 2.05) is 13.8 Å². The van der Waals surface area contributed by atoms with Crippen LogP contribution in [-0.4, -0.2) is 39.5 Å². The molecule has 0 fully saturated rings. The fraction of sp³-hybridized carbons (Fsp3) is 0.545. The fourth-order valence-corrected chi connectivity index (χ4v) is 1.85. The Hall–Kier alpha value is -1.34. The lowest BCUT2D eigenvalue weighted by atomic mass is 10.2. The molecule has 0 saturated carbocycles. The molecule has 0 aliphatic heterocycles. The van der Waals surface area contributed by atoms with Crippen molar-refractivity contribution in [2.45, 2.75) is 26.7 Å². The SMILES string of the molecule is Cc1c(Cl)nn2c(CCOCC(F)F)nnc2c1C. The van der Waals surface area contributed by atoms with Crippen LogP contribution in [0.25, 0.3) is 5.65 Å². The first kappa shape index (κ1) is 14.1. The number of hydrogen-bond donors (Lipinski definition) is 0. The largest absolute Gasteiger partial charge is 0.375 e. The zero-order valence-electron chi connectivity index (χ0n) is 10.5. The lowest BCUT2D eigenvalue weighted by molar-refractivity contribution is 0.0182. The van der Waals surface area contributed by atoms with Crippen LogP contribution in [0.15, 0.2) is 0 Å². The molecule has 0 bridgehead atoms. The quantitative estimate of drug-likeness (QED) is 0.792. The van der Waals surface area contributed by atoms with Gasteiger partial charge in [-0.2, -0.15) is 9.61 Å². The predicted molar refractivity (Wildman–Crippen MR) is 65.8 cm³/mol. The second kappa shape index (κ2) is 5.75. The van der Waals surface area contributed by atoms with E-state index in [2.05, 4.69) is 15.3 Å². The summed E-state index contributed by atoms with van der Waals surface area (Å²) < 4.78 is 30.2. The molecule has 104 valence electrons. The Kier molecular flexibility index (Phi) is 4.26. The molecule has 0 saturated heterocycles. The Morgan fingerprint density at radius 3 is 2.68 bits per heavy atom. The molecule has 0 aliphatic rings. The summed E-state index contributed by atoms with van der Waals surface area (Å²) in [7, 11) is 0. The van der Waals surface area contributed by atoms with Crippen molar-refractivity contribution in [2.24, 2.45) is 0 Å². The van der Waals surface area contributed by atoms with Gasteiger partial charge in [0, 0.05) is 12.0 Å². The second-order valence-electron chi connectivity index (χ2n) is 4.11. The molecule has 8 heteroatoms. The summed E-state index contributed by atoms with van der Waals surface area (Å²) in [6.07, 6.45) is -2.12. The lowest BCUT2D eigenvalue weighted by Gasteiger charge is -2.05. The third-order valence-corrected chi connectivity index (χ3v) is 3.17. The van der Waals surface area contributed by atoms with Crippen LogP contribution >= 0.6 is 11.6 Å². The first-order valence-corrected chi connectivity index (χ1v) is 6.11. The highest BCUT2D eigenvalue weighted by atomic mass is 35.5. The van der Waals surface area contributed by atoms with Gasteiger partial charge in [-0.25, -0.2) is 8.78 Å². The number of hydrogen-bond acceptors (Lipinski definition) is 4. The van der Waals surface area contributed by atoms with Gasteiger partial charge >= 0.3 is 0 Å². The summed E-state index contributed by atoms with van der Waals surface area (Å²) in [5.74, 6) is 0.536. The Bertz CT molecular complexity index is 588. The number of fused-ring (bicyclic) bond motifs is 1. The Balaban J connectivity index is 2.16. The first-order chi connectivity index (χ1) is 9.00. The highest BCUT2D eigenvalue weighted by Gasteiger charge is 2.13. The summed E-state index contributed by atoms with van der Waals surface area (Å²) in [6.45, 7) is 3.29. The van der Waals surface area contributed by atoms with Crippen LogP contribution in [0.1, 0.15) is 17.0 Å². The maximum absolute atomic E-state index is 11.9. The van der Waals surface area contributed by atoms with Gasteiger partial charge in [-0.3, -0.25) is 0 Å². The first-order valence-electron chi connectivity index (χ1n) is 5.73. The molecule has 0 aromatic carbocycles. The van der Waals surface area contributed by atoms with Crippen molar-refractivity contribution in [2.75, 3.05) is 13.2 Å². The molecule has 0 spiro atoms. The van der Waals surface area contributed by atoms with Crippen LogP contribution < -0.4 is 0 Å². The number of halogens is 3. The van der Waals surface area contributed by atoms with Gasteiger partial charge in [0.15, 0.2) is 16.6 Å². The molecule has 2 rings (SSSR count). The van der Waals surface area contributed by atoms with Gasteiger partial charge in [0.2, 0.25) is 0 Å². The number of aryl methyl sites for hydroxylation is 1. The van der Waals surface area contributed by atoms with Crippen molar-refractivity contribution in [3.05, 3.63) is 22.1 Å². The van der Waals surface area contributed by atoms with E-state index in [9.17, 15) is 8.78 Å². The van der Waals surface area contributed by atoms with Gasteiger partial charge in [0.1, 0.15) is 6.61 Å². The maximum atomic E-state index is 11.9. The number of nitrogens with zero attached hydrogens (tertiary/aromatic N) is 4. The number of rotatable bonds is 5. The average Bonchev–Trinajstić information content (AvgIpc) is 2.75. The number of alkyl halides is 2. The highest BCUT2D eigenvalue weighted by molar-refractivity contribution is 6.30. The van der Waals surface area contributed by atoms with E-state index >= 15 is 0 Å². The molecule has 0 aliphatic carbocycles. The van der Waals surface area contributed by atoms with Gasteiger partial charge in [-0.15, -0.1) is 10.2 Å². The molecule has 2 aromatic heterocycles. The van der Waals surface area contributed by atoms with Gasteiger partial charge in [-0.1, -0.05) is 11.6 Å². The summed E-state index contributed by atoms with van der Waals surface area (Å²) in [5, 5.41) is 12.5. The van der Waals surface area contributed by atoms with Crippen molar-refractivity contribution in [3.8, 4) is 0 Å². The van der Waals surface area contributed by atoms with Crippen molar-refractivity contribution < 1.29 is 13.5 Å². The second-order valence-corrected chi connectivity index (χ2v) is 4.47. The Morgan fingerprint density at radius 1 is 1.26 bits per heavy atom. The van der Waals surface area contributed by atoms with Crippen LogP contribution in [-0.2, 0) is 11.2 Å². The lowest BCUT2D eigenvalue weighted by Crippen LogP contribution is -2.10. The summed E-state index contributed by atoms with van der Waals surface area (Å²) in [4.78, 5) is 0. The molecule has 0 unspecified atom stereocenters. The minimum atomic E-state index is -2.47. The van der Waals surface area contributed by atoms with E-state index in [4.69, 9.17) is 16.3 Å². The van der Waals surface area contributed by atoms with Crippen LogP contribution in [0.4, 0.5) is 8.78 Å². The normalized spacial score (nSPS) is 11.7. The topological polar surface area (TPSA) is 52.3 Å². The zero-order valence-corrected chi connectivity index (χ0v) is 11.3. The summed E-state index contributed by atoms with van der Waals surface area (Å²) in [6, 6.07) is 0. The van der Waals surface area contributed by atoms with E-state index in [1.165, 1.54) is 4.52 Å². The van der Waals surface area contributed by atoms with Gasteiger partial charge < -0.3 is 4.74 Å². The summed E-state index contributed by atoms with van der Waals surface area (Å²) in [5.41, 5.74) is 2.36. The molecule has 19 heavy (non-hydrogen) atoms. The molecular weight excluding hydrogens is 278 g/mol. The number of aromatic nitrogens is 4. The third-order valence-electron chi connectivity index (χ3n) is 2.81. The van der Waals surface area contributed by atoms with Crippen molar-refractivity contribution in [1.29, 1.82) is 0 Å². The van der Waals surface area contributed by atoms with Gasteiger partial charge in [-0.05, 0) is 19.4 Å².